The molecular formula is C24H27NO4S2. The number of benzene rings is 1. The van der Waals surface area contributed by atoms with Crippen LogP contribution in [-0.4, -0.2) is 48.8 Å². The number of hydrogen-bond acceptors (Lipinski definition) is 7. The molecule has 5 nitrogen and oxygen atoms in total. The summed E-state index contributed by atoms with van der Waals surface area (Å²) in [6, 6.07) is 17.1. The minimum atomic E-state index is -1.73. The lowest BCUT2D eigenvalue weighted by Gasteiger charge is -2.24. The van der Waals surface area contributed by atoms with Crippen molar-refractivity contribution in [1.29, 1.82) is 0 Å². The first-order valence-corrected chi connectivity index (χ1v) is 12.3. The zero-order chi connectivity index (χ0) is 21.5. The highest BCUT2D eigenvalue weighted by Crippen LogP contribution is 2.37. The van der Waals surface area contributed by atoms with Crippen molar-refractivity contribution in [1.82, 2.24) is 4.90 Å². The van der Waals surface area contributed by atoms with Gasteiger partial charge in [0.1, 0.15) is 5.75 Å². The highest BCUT2D eigenvalue weighted by molar-refractivity contribution is 7.12. The van der Waals surface area contributed by atoms with Crippen LogP contribution in [0.4, 0.5) is 0 Å². The van der Waals surface area contributed by atoms with Crippen molar-refractivity contribution in [2.75, 3.05) is 32.8 Å². The molecule has 0 saturated carbocycles. The summed E-state index contributed by atoms with van der Waals surface area (Å²) in [7, 11) is 0. The third kappa shape index (κ3) is 5.36. The van der Waals surface area contributed by atoms with E-state index in [4.69, 9.17) is 9.47 Å². The number of rotatable bonds is 10. The lowest BCUT2D eigenvalue weighted by molar-refractivity contribution is -0.162. The van der Waals surface area contributed by atoms with E-state index >= 15 is 0 Å². The van der Waals surface area contributed by atoms with E-state index in [2.05, 4.69) is 4.90 Å². The van der Waals surface area contributed by atoms with Crippen LogP contribution in [0.2, 0.25) is 0 Å². The van der Waals surface area contributed by atoms with Gasteiger partial charge in [-0.1, -0.05) is 30.3 Å². The van der Waals surface area contributed by atoms with Crippen LogP contribution < -0.4 is 4.74 Å². The minimum Gasteiger partial charge on any atom is -0.494 e. The maximum Gasteiger partial charge on any atom is 0.349 e. The van der Waals surface area contributed by atoms with E-state index < -0.39 is 11.6 Å². The Morgan fingerprint density at radius 1 is 1.06 bits per heavy atom. The van der Waals surface area contributed by atoms with Gasteiger partial charge in [0.05, 0.1) is 23.0 Å². The highest BCUT2D eigenvalue weighted by atomic mass is 32.1. The lowest BCUT2D eigenvalue weighted by atomic mass is 10.00. The van der Waals surface area contributed by atoms with Gasteiger partial charge < -0.3 is 19.5 Å². The molecule has 0 aliphatic carbocycles. The average molecular weight is 458 g/mol. The molecule has 0 amide bonds. The van der Waals surface area contributed by atoms with Gasteiger partial charge in [-0.3, -0.25) is 0 Å². The Balaban J connectivity index is 1.23. The quantitative estimate of drug-likeness (QED) is 0.362. The zero-order valence-corrected chi connectivity index (χ0v) is 18.9. The van der Waals surface area contributed by atoms with E-state index in [1.165, 1.54) is 22.7 Å². The molecule has 1 aromatic carbocycles. The van der Waals surface area contributed by atoms with Gasteiger partial charge in [0.25, 0.3) is 0 Å². The first-order chi connectivity index (χ1) is 15.2. The van der Waals surface area contributed by atoms with Crippen molar-refractivity contribution in [3.63, 3.8) is 0 Å². The molecule has 0 radical (unpaired) electrons. The Morgan fingerprint density at radius 2 is 1.77 bits per heavy atom. The normalized spacial score (nSPS) is 17.0. The first-order valence-electron chi connectivity index (χ1n) is 10.5. The van der Waals surface area contributed by atoms with Gasteiger partial charge in [-0.2, -0.15) is 0 Å². The van der Waals surface area contributed by atoms with Crippen molar-refractivity contribution in [3.05, 3.63) is 75.1 Å². The molecule has 4 rings (SSSR count). The lowest BCUT2D eigenvalue weighted by Crippen LogP contribution is -2.38. The number of thiophene rings is 2. The summed E-state index contributed by atoms with van der Waals surface area (Å²) in [5.41, 5.74) is -1.73. The topological polar surface area (TPSA) is 59.0 Å². The molecule has 1 fully saturated rings. The van der Waals surface area contributed by atoms with Crippen LogP contribution in [0.1, 0.15) is 22.6 Å². The second kappa shape index (κ2) is 10.4. The molecule has 0 bridgehead atoms. The van der Waals surface area contributed by atoms with E-state index in [9.17, 15) is 9.90 Å². The predicted octanol–water partition coefficient (Wildman–Crippen LogP) is 4.38. The number of carbonyl (C=O) groups is 1. The van der Waals surface area contributed by atoms with Crippen LogP contribution in [-0.2, 0) is 15.1 Å². The number of aliphatic hydroxyl groups is 1. The number of esters is 1. The Kier molecular flexibility index (Phi) is 7.40. The summed E-state index contributed by atoms with van der Waals surface area (Å²) in [4.78, 5) is 16.5. The molecular weight excluding hydrogens is 430 g/mol. The van der Waals surface area contributed by atoms with Gasteiger partial charge in [0, 0.05) is 19.0 Å². The fourth-order valence-corrected chi connectivity index (χ4v) is 5.55. The molecule has 1 aliphatic rings. The van der Waals surface area contributed by atoms with Crippen LogP contribution in [0, 0.1) is 5.92 Å². The molecule has 0 unspecified atom stereocenters. The second-order valence-electron chi connectivity index (χ2n) is 7.73. The number of likely N-dealkylation sites (tertiary alicyclic amines) is 1. The molecule has 7 heteroatoms. The maximum absolute atomic E-state index is 13.0. The Morgan fingerprint density at radius 3 is 2.42 bits per heavy atom. The molecule has 31 heavy (non-hydrogen) atoms. The Hall–Kier alpha value is -2.19. The van der Waals surface area contributed by atoms with Crippen molar-refractivity contribution >= 4 is 28.6 Å². The number of nitrogens with zero attached hydrogens (tertiary/aromatic N) is 1. The molecule has 3 heterocycles. The summed E-state index contributed by atoms with van der Waals surface area (Å²) in [6.45, 7) is 3.87. The van der Waals surface area contributed by atoms with Crippen molar-refractivity contribution in [2.45, 2.75) is 18.4 Å². The van der Waals surface area contributed by atoms with Gasteiger partial charge in [-0.25, -0.2) is 4.79 Å². The van der Waals surface area contributed by atoms with Crippen molar-refractivity contribution in [3.8, 4) is 5.75 Å². The van der Waals surface area contributed by atoms with E-state index in [0.717, 1.165) is 38.2 Å². The Bertz CT molecular complexity index is 894. The number of ether oxygens (including phenoxy) is 2. The van der Waals surface area contributed by atoms with Crippen LogP contribution in [0.25, 0.3) is 0 Å². The van der Waals surface area contributed by atoms with Crippen LogP contribution in [0.5, 0.6) is 5.75 Å². The molecule has 1 aliphatic heterocycles. The Labute approximate surface area is 190 Å². The van der Waals surface area contributed by atoms with Gasteiger partial charge >= 0.3 is 5.97 Å². The van der Waals surface area contributed by atoms with Gasteiger partial charge in [0.2, 0.25) is 5.60 Å². The molecule has 1 saturated heterocycles. The fourth-order valence-electron chi connectivity index (χ4n) is 3.84. The summed E-state index contributed by atoms with van der Waals surface area (Å²) in [5.74, 6) is 0.597. The van der Waals surface area contributed by atoms with Crippen molar-refractivity contribution in [2.24, 2.45) is 5.92 Å². The van der Waals surface area contributed by atoms with Gasteiger partial charge in [-0.05, 0) is 54.4 Å². The van der Waals surface area contributed by atoms with E-state index in [0.29, 0.717) is 23.0 Å². The molecule has 1 N–H and O–H groups in total. The smallest absolute Gasteiger partial charge is 0.349 e. The van der Waals surface area contributed by atoms with E-state index in [1.54, 1.807) is 12.1 Å². The van der Waals surface area contributed by atoms with Gasteiger partial charge in [0.15, 0.2) is 0 Å². The summed E-state index contributed by atoms with van der Waals surface area (Å²) in [6.07, 6.45) is 1.95. The molecule has 2 aromatic heterocycles. The largest absolute Gasteiger partial charge is 0.494 e. The predicted molar refractivity (Wildman–Crippen MR) is 124 cm³/mol. The third-order valence-corrected chi connectivity index (χ3v) is 7.46. The standard InChI is InChI=1S/C24H27NO4S2/c26-23(24(27,21-9-4-15-30-21)22-10-5-16-31-22)29-18-19-11-13-25(17-19)12-6-14-28-20-7-2-1-3-8-20/h1-5,7-10,15-16,19,27H,6,11-14,17-18H2/t19-/m1/s1. The van der Waals surface area contributed by atoms with Crippen LogP contribution >= 0.6 is 22.7 Å². The maximum atomic E-state index is 13.0. The SMILES string of the molecule is O=C(OC[C@@H]1CCN(CCCOc2ccccc2)C1)C(O)(c1cccs1)c1cccs1. The molecule has 3 aromatic rings. The molecule has 1 atom stereocenters. The summed E-state index contributed by atoms with van der Waals surface area (Å²) >= 11 is 2.72. The average Bonchev–Trinajstić information content (AvgIpc) is 3.58. The number of para-hydroxylation sites is 1. The van der Waals surface area contributed by atoms with E-state index in [-0.39, 0.29) is 5.92 Å². The van der Waals surface area contributed by atoms with Crippen LogP contribution in [0.3, 0.4) is 0 Å². The monoisotopic (exact) mass is 457 g/mol. The zero-order valence-electron chi connectivity index (χ0n) is 17.3. The van der Waals surface area contributed by atoms with Crippen LogP contribution in [0.15, 0.2) is 65.4 Å². The molecule has 164 valence electrons. The van der Waals surface area contributed by atoms with Gasteiger partial charge in [-0.15, -0.1) is 22.7 Å². The summed E-state index contributed by atoms with van der Waals surface area (Å²) < 4.78 is 11.4. The third-order valence-electron chi connectivity index (χ3n) is 5.50. The minimum absolute atomic E-state index is 0.287. The summed E-state index contributed by atoms with van der Waals surface area (Å²) in [5, 5.41) is 15.0. The van der Waals surface area contributed by atoms with E-state index in [1.807, 2.05) is 53.2 Å². The second-order valence-corrected chi connectivity index (χ2v) is 9.63. The first kappa shape index (κ1) is 22.0. The number of carbonyl (C=O) groups excluding carboxylic acids is 1. The van der Waals surface area contributed by atoms with Crippen molar-refractivity contribution < 1.29 is 19.4 Å². The molecule has 0 spiro atoms. The highest BCUT2D eigenvalue weighted by Gasteiger charge is 2.44. The number of hydrogen-bond donors (Lipinski definition) is 1. The fraction of sp³-hybridized carbons (Fsp3) is 0.375.